The zero-order chi connectivity index (χ0) is 4.50. The van der Waals surface area contributed by atoms with Crippen LogP contribution < -0.4 is 0 Å². The van der Waals surface area contributed by atoms with Crippen LogP contribution in [0.2, 0.25) is 0 Å². The number of hydrogen-bond donors (Lipinski definition) is 0. The van der Waals surface area contributed by atoms with Gasteiger partial charge in [0.2, 0.25) is 0 Å². The van der Waals surface area contributed by atoms with Gasteiger partial charge in [-0.25, -0.2) is 0 Å². The summed E-state index contributed by atoms with van der Waals surface area (Å²) in [6.07, 6.45) is 0. The van der Waals surface area contributed by atoms with Gasteiger partial charge >= 0.3 is 45.5 Å². The topological polar surface area (TPSA) is 34.1 Å². The fraction of sp³-hybridized carbons (Fsp3) is 0. The summed E-state index contributed by atoms with van der Waals surface area (Å²) in [4.78, 5) is 0. The second-order valence-corrected chi connectivity index (χ2v) is 19.8. The van der Waals surface area contributed by atoms with Crippen molar-refractivity contribution in [1.82, 2.24) is 0 Å². The van der Waals surface area contributed by atoms with Crippen LogP contribution in [-0.2, 0) is 6.21 Å². The van der Waals surface area contributed by atoms with Crippen LogP contribution in [0.3, 0.4) is 0 Å². The van der Waals surface area contributed by atoms with Crippen molar-refractivity contribution in [2.24, 2.45) is 0 Å². The van der Waals surface area contributed by atoms with Gasteiger partial charge in [0.15, 0.2) is 0 Å². The summed E-state index contributed by atoms with van der Waals surface area (Å²) in [5.74, 6) is 0. The zero-order valence-electron chi connectivity index (χ0n) is 1.98. The van der Waals surface area contributed by atoms with Crippen LogP contribution >= 0.6 is 25.5 Å². The Bertz CT molecular complexity index is 90.8. The van der Waals surface area contributed by atoms with E-state index in [2.05, 4.69) is 25.5 Å². The van der Waals surface area contributed by atoms with Crippen LogP contribution in [0, 0.1) is 0 Å². The third-order valence-corrected chi connectivity index (χ3v) is 0. The maximum atomic E-state index is 9.57. The summed E-state index contributed by atoms with van der Waals surface area (Å²) in [7, 11) is 0. The monoisotopic (exact) mass is 320 g/mol. The number of rotatable bonds is 0. The molecule has 0 saturated carbocycles. The van der Waals surface area contributed by atoms with Crippen molar-refractivity contribution < 1.29 is 6.21 Å². The molecule has 0 aliphatic heterocycles. The van der Waals surface area contributed by atoms with Crippen LogP contribution in [-0.4, -0.2) is 13.7 Å². The minimum atomic E-state index is -3.89. The van der Waals surface area contributed by atoms with Crippen LogP contribution in [0.4, 0.5) is 0 Å². The van der Waals surface area contributed by atoms with Crippen molar-refractivity contribution in [3.8, 4) is 0 Å². The normalized spacial score (nSPS) is 11.6. The van der Waals surface area contributed by atoms with E-state index >= 15 is 0 Å². The van der Waals surface area contributed by atoms with E-state index in [0.717, 1.165) is 0 Å². The molecule has 0 fully saturated rings. The molecule has 0 saturated heterocycles. The third kappa shape index (κ3) is 33.0. The predicted octanol–water partition coefficient (Wildman–Crippen LogP) is 1.07. The van der Waals surface area contributed by atoms with Crippen molar-refractivity contribution in [3.63, 3.8) is 0 Å². The molecule has 0 radical (unpaired) electrons. The number of hydrogen-bond acceptors (Lipinski definition) is 2. The van der Waals surface area contributed by atoms with Crippen molar-refractivity contribution in [3.05, 3.63) is 0 Å². The average molecular weight is 319 g/mol. The molecule has 0 heterocycles. The molecule has 0 aromatic carbocycles. The second kappa shape index (κ2) is 1.87. The summed E-state index contributed by atoms with van der Waals surface area (Å²) >= 11 is 0.846. The summed E-state index contributed by atoms with van der Waals surface area (Å²) in [6.45, 7) is 0. The Hall–Kier alpha value is 1.35. The van der Waals surface area contributed by atoms with E-state index < -0.39 is 13.7 Å². The van der Waals surface area contributed by atoms with Crippen LogP contribution in [0.25, 0.3) is 0 Å². The molecule has 0 aliphatic carbocycles. The molecule has 0 N–H and O–H groups in total. The van der Waals surface area contributed by atoms with E-state index in [9.17, 15) is 6.21 Å². The predicted molar refractivity (Wildman–Crippen MR) is 25.0 cm³/mol. The Morgan fingerprint density at radius 2 is 1.20 bits per heavy atom. The van der Waals surface area contributed by atoms with Crippen molar-refractivity contribution >= 4 is 39.2 Å². The standard InChI is InChI=1S/Br2O2Te/c1-5(2,3)4. The van der Waals surface area contributed by atoms with E-state index in [1.54, 1.807) is 0 Å². The van der Waals surface area contributed by atoms with Gasteiger partial charge in [-0.1, -0.05) is 0 Å². The van der Waals surface area contributed by atoms with E-state index in [1.807, 2.05) is 0 Å². The first-order valence-corrected chi connectivity index (χ1v) is 13.0. The van der Waals surface area contributed by atoms with Gasteiger partial charge < -0.3 is 0 Å². The fourth-order valence-electron chi connectivity index (χ4n) is 0. The molecule has 0 atom stereocenters. The molecule has 0 amide bonds. The molecule has 0 spiro atoms. The first-order valence-electron chi connectivity index (χ1n) is 0.642. The molecule has 5 heteroatoms. The van der Waals surface area contributed by atoms with Gasteiger partial charge in [0.1, 0.15) is 0 Å². The van der Waals surface area contributed by atoms with Crippen molar-refractivity contribution in [2.45, 2.75) is 0 Å². The van der Waals surface area contributed by atoms with Crippen LogP contribution in [0.15, 0.2) is 0 Å². The molecule has 0 aromatic rings. The van der Waals surface area contributed by atoms with Crippen LogP contribution in [0.5, 0.6) is 0 Å². The Morgan fingerprint density at radius 1 is 1.20 bits per heavy atom. The van der Waals surface area contributed by atoms with E-state index in [1.165, 1.54) is 0 Å². The van der Waals surface area contributed by atoms with Gasteiger partial charge in [-0.15, -0.1) is 0 Å². The van der Waals surface area contributed by atoms with Gasteiger partial charge in [-0.2, -0.15) is 0 Å². The van der Waals surface area contributed by atoms with Gasteiger partial charge in [0.05, 0.1) is 0 Å². The van der Waals surface area contributed by atoms with E-state index in [4.69, 9.17) is 0 Å². The summed E-state index contributed by atoms with van der Waals surface area (Å²) < 4.78 is 19.1. The SMILES string of the molecule is O=[Te](=O)(Br)Br. The van der Waals surface area contributed by atoms with Crippen molar-refractivity contribution in [1.29, 1.82) is 0 Å². The molecule has 0 rings (SSSR count). The quantitative estimate of drug-likeness (QED) is 0.626. The number of halogens is 2. The maximum absolute atomic E-state index is 9.57. The molecule has 0 unspecified atom stereocenters. The average Bonchev–Trinajstić information content (AvgIpc) is 0.722. The second-order valence-electron chi connectivity index (χ2n) is 0.378. The van der Waals surface area contributed by atoms with Crippen molar-refractivity contribution in [2.75, 3.05) is 0 Å². The molecular formula is Br2O2Te. The van der Waals surface area contributed by atoms with Gasteiger partial charge in [0, 0.05) is 0 Å². The molecule has 0 aromatic heterocycles. The molecular weight excluding hydrogens is 319 g/mol. The van der Waals surface area contributed by atoms with Gasteiger partial charge in [-0.3, -0.25) is 0 Å². The Morgan fingerprint density at radius 3 is 1.20 bits per heavy atom. The minimum absolute atomic E-state index is 2.37. The van der Waals surface area contributed by atoms with E-state index in [0.29, 0.717) is 0 Å². The molecule has 0 bridgehead atoms. The van der Waals surface area contributed by atoms with E-state index in [-0.39, 0.29) is 0 Å². The molecule has 5 heavy (non-hydrogen) atoms. The Balaban J connectivity index is 4.06. The third-order valence-electron chi connectivity index (χ3n) is 0. The fourth-order valence-corrected chi connectivity index (χ4v) is 0. The molecule has 2 nitrogen and oxygen atoms in total. The zero-order valence-corrected chi connectivity index (χ0v) is 7.48. The summed E-state index contributed by atoms with van der Waals surface area (Å²) in [5, 5.41) is 0. The Labute approximate surface area is 45.1 Å². The molecule has 0 aliphatic rings. The first-order chi connectivity index (χ1) is 2.00. The first kappa shape index (κ1) is 6.35. The van der Waals surface area contributed by atoms with Gasteiger partial charge in [0.25, 0.3) is 0 Å². The Kier molecular flexibility index (Phi) is 2.38. The summed E-state index contributed by atoms with van der Waals surface area (Å²) in [5.41, 5.74) is 0. The summed E-state index contributed by atoms with van der Waals surface area (Å²) in [6, 6.07) is 0. The molecule has 32 valence electrons. The van der Waals surface area contributed by atoms with Crippen LogP contribution in [0.1, 0.15) is 0 Å². The van der Waals surface area contributed by atoms with Gasteiger partial charge in [-0.05, 0) is 0 Å².